The average molecular weight is 213 g/mol. The number of nitrogens with two attached hydrogens (primary N) is 1. The Bertz CT molecular complexity index is 198. The van der Waals surface area contributed by atoms with E-state index in [0.717, 1.165) is 44.9 Å². The molecule has 0 atom stereocenters. The summed E-state index contributed by atoms with van der Waals surface area (Å²) in [6, 6.07) is 0. The summed E-state index contributed by atoms with van der Waals surface area (Å²) in [6.45, 7) is 2.67. The third-order valence-corrected chi connectivity index (χ3v) is 3.13. The molecule has 0 spiro atoms. The van der Waals surface area contributed by atoms with Crippen molar-refractivity contribution in [3.63, 3.8) is 0 Å². The highest BCUT2D eigenvalue weighted by Gasteiger charge is 2.36. The minimum atomic E-state index is -0.676. The molecule has 0 unspecified atom stereocenters. The molecule has 0 saturated heterocycles. The minimum absolute atomic E-state index is 0.182. The van der Waals surface area contributed by atoms with Crippen molar-refractivity contribution in [2.75, 3.05) is 6.61 Å². The lowest BCUT2D eigenvalue weighted by molar-refractivity contribution is -0.151. The highest BCUT2D eigenvalue weighted by Crippen LogP contribution is 2.26. The Morgan fingerprint density at radius 2 is 1.93 bits per heavy atom. The van der Waals surface area contributed by atoms with Gasteiger partial charge < -0.3 is 10.5 Å². The van der Waals surface area contributed by atoms with Crippen molar-refractivity contribution in [1.82, 2.24) is 0 Å². The minimum Gasteiger partial charge on any atom is -0.464 e. The molecule has 0 radical (unpaired) electrons. The molecule has 1 fully saturated rings. The Balaban J connectivity index is 2.25. The Morgan fingerprint density at radius 1 is 1.27 bits per heavy atom. The summed E-state index contributed by atoms with van der Waals surface area (Å²) in [5, 5.41) is 0. The fourth-order valence-corrected chi connectivity index (χ4v) is 2.05. The molecule has 1 aliphatic carbocycles. The predicted molar refractivity (Wildman–Crippen MR) is 60.5 cm³/mol. The van der Waals surface area contributed by atoms with Crippen molar-refractivity contribution >= 4 is 5.97 Å². The molecular formula is C12H23NO2. The Hall–Kier alpha value is -0.570. The van der Waals surface area contributed by atoms with E-state index < -0.39 is 5.54 Å². The van der Waals surface area contributed by atoms with Gasteiger partial charge in [0.25, 0.3) is 0 Å². The molecule has 0 heterocycles. The summed E-state index contributed by atoms with van der Waals surface area (Å²) in [6.07, 6.45) is 8.11. The predicted octanol–water partition coefficient (Wildman–Crippen LogP) is 2.38. The fourth-order valence-electron chi connectivity index (χ4n) is 2.05. The Labute approximate surface area is 92.4 Å². The number of hydrogen-bond donors (Lipinski definition) is 1. The largest absolute Gasteiger partial charge is 0.464 e. The van der Waals surface area contributed by atoms with Crippen molar-refractivity contribution in [2.24, 2.45) is 5.73 Å². The number of esters is 1. The second kappa shape index (κ2) is 6.11. The second-order valence-corrected chi connectivity index (χ2v) is 4.56. The summed E-state index contributed by atoms with van der Waals surface area (Å²) in [5.41, 5.74) is 5.37. The van der Waals surface area contributed by atoms with Crippen molar-refractivity contribution in [3.05, 3.63) is 0 Å². The molecule has 1 rings (SSSR count). The van der Waals surface area contributed by atoms with E-state index in [2.05, 4.69) is 6.92 Å². The maximum absolute atomic E-state index is 11.7. The molecular weight excluding hydrogens is 190 g/mol. The van der Waals surface area contributed by atoms with Gasteiger partial charge in [-0.25, -0.2) is 0 Å². The number of carbonyl (C=O) groups excluding carboxylic acids is 1. The van der Waals surface area contributed by atoms with Gasteiger partial charge in [-0.15, -0.1) is 0 Å². The van der Waals surface area contributed by atoms with Gasteiger partial charge in [0.2, 0.25) is 0 Å². The summed E-state index contributed by atoms with van der Waals surface area (Å²) in [5.74, 6) is -0.182. The molecule has 2 N–H and O–H groups in total. The summed E-state index contributed by atoms with van der Waals surface area (Å²) < 4.78 is 5.22. The van der Waals surface area contributed by atoms with Gasteiger partial charge in [-0.2, -0.15) is 0 Å². The van der Waals surface area contributed by atoms with Gasteiger partial charge in [0.1, 0.15) is 5.54 Å². The van der Waals surface area contributed by atoms with Crippen LogP contribution in [0.2, 0.25) is 0 Å². The van der Waals surface area contributed by atoms with Crippen LogP contribution in [0.15, 0.2) is 0 Å². The number of rotatable bonds is 5. The van der Waals surface area contributed by atoms with Crippen LogP contribution < -0.4 is 5.73 Å². The maximum atomic E-state index is 11.7. The van der Waals surface area contributed by atoms with Crippen molar-refractivity contribution < 1.29 is 9.53 Å². The molecule has 0 bridgehead atoms. The molecule has 0 aromatic heterocycles. The molecule has 3 nitrogen and oxygen atoms in total. The first-order valence-corrected chi connectivity index (χ1v) is 6.15. The zero-order valence-electron chi connectivity index (χ0n) is 9.76. The molecule has 88 valence electrons. The Morgan fingerprint density at radius 3 is 2.53 bits per heavy atom. The first kappa shape index (κ1) is 12.5. The molecule has 0 aliphatic heterocycles. The number of unbranched alkanes of at least 4 members (excludes halogenated alkanes) is 2. The first-order chi connectivity index (χ1) is 7.19. The van der Waals surface area contributed by atoms with Crippen molar-refractivity contribution in [3.8, 4) is 0 Å². The van der Waals surface area contributed by atoms with Crippen LogP contribution in [0.3, 0.4) is 0 Å². The normalized spacial score (nSPS) is 19.9. The van der Waals surface area contributed by atoms with E-state index in [9.17, 15) is 4.79 Å². The van der Waals surface area contributed by atoms with Crippen LogP contribution in [0.4, 0.5) is 0 Å². The van der Waals surface area contributed by atoms with E-state index in [1.54, 1.807) is 0 Å². The Kier molecular flexibility index (Phi) is 5.09. The first-order valence-electron chi connectivity index (χ1n) is 6.15. The van der Waals surface area contributed by atoms with Crippen molar-refractivity contribution in [1.29, 1.82) is 0 Å². The molecule has 0 amide bonds. The quantitative estimate of drug-likeness (QED) is 0.563. The highest BCUT2D eigenvalue weighted by molar-refractivity contribution is 5.80. The molecule has 15 heavy (non-hydrogen) atoms. The van der Waals surface area contributed by atoms with E-state index in [1.807, 2.05) is 0 Å². The smallest absolute Gasteiger partial charge is 0.326 e. The lowest BCUT2D eigenvalue weighted by atomic mass is 9.83. The summed E-state index contributed by atoms with van der Waals surface area (Å²) in [7, 11) is 0. The molecule has 0 aromatic carbocycles. The number of hydrogen-bond acceptors (Lipinski definition) is 3. The van der Waals surface area contributed by atoms with E-state index in [4.69, 9.17) is 10.5 Å². The van der Waals surface area contributed by atoms with Gasteiger partial charge in [-0.3, -0.25) is 4.79 Å². The number of carbonyl (C=O) groups is 1. The second-order valence-electron chi connectivity index (χ2n) is 4.56. The van der Waals surface area contributed by atoms with Gasteiger partial charge in [-0.1, -0.05) is 39.0 Å². The van der Waals surface area contributed by atoms with E-state index in [1.165, 1.54) is 6.42 Å². The van der Waals surface area contributed by atoms with Crippen LogP contribution in [0.25, 0.3) is 0 Å². The van der Waals surface area contributed by atoms with Crippen LogP contribution in [0, 0.1) is 0 Å². The van der Waals surface area contributed by atoms with Crippen molar-refractivity contribution in [2.45, 2.75) is 63.8 Å². The van der Waals surface area contributed by atoms with Crippen LogP contribution in [-0.2, 0) is 9.53 Å². The summed E-state index contributed by atoms with van der Waals surface area (Å²) in [4.78, 5) is 11.7. The zero-order valence-corrected chi connectivity index (χ0v) is 9.76. The third kappa shape index (κ3) is 3.82. The zero-order chi connectivity index (χ0) is 11.1. The van der Waals surface area contributed by atoms with E-state index >= 15 is 0 Å². The topological polar surface area (TPSA) is 52.3 Å². The lowest BCUT2D eigenvalue weighted by Gasteiger charge is -2.30. The standard InChI is InChI=1S/C12H23NO2/c1-2-3-7-10-15-11(14)12(13)8-5-4-6-9-12/h2-10,13H2,1H3. The van der Waals surface area contributed by atoms with E-state index in [0.29, 0.717) is 6.61 Å². The average Bonchev–Trinajstić information content (AvgIpc) is 2.25. The molecule has 3 heteroatoms. The highest BCUT2D eigenvalue weighted by atomic mass is 16.5. The van der Waals surface area contributed by atoms with Gasteiger partial charge in [-0.05, 0) is 19.3 Å². The van der Waals surface area contributed by atoms with Crippen LogP contribution in [-0.4, -0.2) is 18.1 Å². The van der Waals surface area contributed by atoms with Gasteiger partial charge in [0, 0.05) is 0 Å². The number of ether oxygens (including phenoxy) is 1. The van der Waals surface area contributed by atoms with E-state index in [-0.39, 0.29) is 5.97 Å². The van der Waals surface area contributed by atoms with Crippen LogP contribution >= 0.6 is 0 Å². The molecule has 0 aromatic rings. The SMILES string of the molecule is CCCCCOC(=O)C1(N)CCCCC1. The van der Waals surface area contributed by atoms with Gasteiger partial charge in [0.05, 0.1) is 6.61 Å². The van der Waals surface area contributed by atoms with Gasteiger partial charge in [0.15, 0.2) is 0 Å². The van der Waals surface area contributed by atoms with Gasteiger partial charge >= 0.3 is 5.97 Å². The third-order valence-electron chi connectivity index (χ3n) is 3.13. The van der Waals surface area contributed by atoms with Crippen LogP contribution in [0.5, 0.6) is 0 Å². The molecule has 1 saturated carbocycles. The molecule has 1 aliphatic rings. The fraction of sp³-hybridized carbons (Fsp3) is 0.917. The monoisotopic (exact) mass is 213 g/mol. The lowest BCUT2D eigenvalue weighted by Crippen LogP contribution is -2.50. The van der Waals surface area contributed by atoms with Crippen LogP contribution in [0.1, 0.15) is 58.3 Å². The maximum Gasteiger partial charge on any atom is 0.326 e. The summed E-state index contributed by atoms with van der Waals surface area (Å²) >= 11 is 0.